The first-order chi connectivity index (χ1) is 5.47. The standard InChI is InChI=1S/C8H9NOS/c1-2-4-10-8(3-1)7-5-11-6-9-7/h1-2,5-6,8H,3-4H2. The van der Waals surface area contributed by atoms with Crippen LogP contribution < -0.4 is 0 Å². The van der Waals surface area contributed by atoms with Gasteiger partial charge in [0.2, 0.25) is 0 Å². The summed E-state index contributed by atoms with van der Waals surface area (Å²) in [5.74, 6) is 0. The van der Waals surface area contributed by atoms with E-state index in [9.17, 15) is 0 Å². The number of nitrogens with zero attached hydrogens (tertiary/aromatic N) is 1. The fourth-order valence-corrected chi connectivity index (χ4v) is 1.71. The molecule has 11 heavy (non-hydrogen) atoms. The zero-order valence-electron chi connectivity index (χ0n) is 6.06. The Morgan fingerprint density at radius 1 is 1.55 bits per heavy atom. The third-order valence-corrected chi connectivity index (χ3v) is 2.30. The summed E-state index contributed by atoms with van der Waals surface area (Å²) in [4.78, 5) is 4.20. The lowest BCUT2D eigenvalue weighted by Crippen LogP contribution is -2.07. The van der Waals surface area contributed by atoms with Crippen molar-refractivity contribution in [3.63, 3.8) is 0 Å². The molecule has 58 valence electrons. The maximum Gasteiger partial charge on any atom is 0.104 e. The lowest BCUT2D eigenvalue weighted by Gasteiger charge is -2.15. The van der Waals surface area contributed by atoms with E-state index in [-0.39, 0.29) is 6.10 Å². The average Bonchev–Trinajstić information content (AvgIpc) is 2.58. The molecule has 1 atom stereocenters. The Balaban J connectivity index is 2.11. The largest absolute Gasteiger partial charge is 0.368 e. The summed E-state index contributed by atoms with van der Waals surface area (Å²) in [6.45, 7) is 0.724. The highest BCUT2D eigenvalue weighted by atomic mass is 32.1. The number of aromatic nitrogens is 1. The molecular formula is C8H9NOS. The second-order valence-corrected chi connectivity index (χ2v) is 3.16. The summed E-state index contributed by atoms with van der Waals surface area (Å²) in [5, 5.41) is 2.05. The topological polar surface area (TPSA) is 22.1 Å². The molecule has 0 aliphatic carbocycles. The molecule has 2 nitrogen and oxygen atoms in total. The Labute approximate surface area is 69.5 Å². The molecule has 0 radical (unpaired) electrons. The van der Waals surface area contributed by atoms with Gasteiger partial charge in [-0.3, -0.25) is 0 Å². The van der Waals surface area contributed by atoms with Crippen molar-refractivity contribution in [2.75, 3.05) is 6.61 Å². The lowest BCUT2D eigenvalue weighted by molar-refractivity contribution is 0.0651. The van der Waals surface area contributed by atoms with Crippen LogP contribution in [0.3, 0.4) is 0 Å². The van der Waals surface area contributed by atoms with Crippen molar-refractivity contribution in [3.8, 4) is 0 Å². The van der Waals surface area contributed by atoms with Gasteiger partial charge >= 0.3 is 0 Å². The van der Waals surface area contributed by atoms with Crippen LogP contribution in [-0.4, -0.2) is 11.6 Å². The highest BCUT2D eigenvalue weighted by molar-refractivity contribution is 7.07. The minimum atomic E-state index is 0.200. The predicted molar refractivity (Wildman–Crippen MR) is 44.6 cm³/mol. The minimum absolute atomic E-state index is 0.200. The molecule has 3 heteroatoms. The zero-order valence-corrected chi connectivity index (χ0v) is 6.88. The molecule has 0 bridgehead atoms. The van der Waals surface area contributed by atoms with Gasteiger partial charge in [-0.25, -0.2) is 4.98 Å². The molecule has 1 unspecified atom stereocenters. The van der Waals surface area contributed by atoms with Gasteiger partial charge in [0.15, 0.2) is 0 Å². The van der Waals surface area contributed by atoms with E-state index in [0.29, 0.717) is 0 Å². The first-order valence-corrected chi connectivity index (χ1v) is 4.56. The van der Waals surface area contributed by atoms with E-state index in [0.717, 1.165) is 18.7 Å². The minimum Gasteiger partial charge on any atom is -0.368 e. The number of ether oxygens (including phenoxy) is 1. The van der Waals surface area contributed by atoms with Gasteiger partial charge in [0.25, 0.3) is 0 Å². The maximum absolute atomic E-state index is 5.48. The summed E-state index contributed by atoms with van der Waals surface area (Å²) in [6, 6.07) is 0. The molecule has 1 aromatic heterocycles. The molecule has 0 aromatic carbocycles. The molecule has 0 amide bonds. The number of hydrogen-bond donors (Lipinski definition) is 0. The summed E-state index contributed by atoms with van der Waals surface area (Å²) in [6.07, 6.45) is 5.35. The summed E-state index contributed by atoms with van der Waals surface area (Å²) >= 11 is 1.62. The first kappa shape index (κ1) is 7.00. The summed E-state index contributed by atoms with van der Waals surface area (Å²) in [7, 11) is 0. The van der Waals surface area contributed by atoms with Crippen molar-refractivity contribution in [2.24, 2.45) is 0 Å². The molecule has 1 aromatic rings. The van der Waals surface area contributed by atoms with Gasteiger partial charge < -0.3 is 4.74 Å². The van der Waals surface area contributed by atoms with Crippen LogP contribution in [0.2, 0.25) is 0 Å². The molecule has 0 saturated carbocycles. The fourth-order valence-electron chi connectivity index (χ4n) is 1.11. The molecule has 2 rings (SSSR count). The molecule has 0 spiro atoms. The van der Waals surface area contributed by atoms with E-state index in [1.165, 1.54) is 0 Å². The van der Waals surface area contributed by atoms with Crippen LogP contribution in [-0.2, 0) is 4.74 Å². The highest BCUT2D eigenvalue weighted by Gasteiger charge is 2.13. The quantitative estimate of drug-likeness (QED) is 0.598. The van der Waals surface area contributed by atoms with E-state index < -0.39 is 0 Å². The SMILES string of the molecule is C1=CCC(c2cscn2)OC1. The predicted octanol–water partition coefficient (Wildman–Crippen LogP) is 2.16. The molecule has 0 N–H and O–H groups in total. The van der Waals surface area contributed by atoms with Crippen molar-refractivity contribution in [1.29, 1.82) is 0 Å². The van der Waals surface area contributed by atoms with Crippen molar-refractivity contribution in [3.05, 3.63) is 28.7 Å². The molecule has 0 fully saturated rings. The number of hydrogen-bond acceptors (Lipinski definition) is 3. The third-order valence-electron chi connectivity index (χ3n) is 1.69. The first-order valence-electron chi connectivity index (χ1n) is 3.61. The normalized spacial score (nSPS) is 23.8. The van der Waals surface area contributed by atoms with Gasteiger partial charge in [0, 0.05) is 5.38 Å². The molecule has 2 heterocycles. The maximum atomic E-state index is 5.48. The van der Waals surface area contributed by atoms with Crippen LogP contribution in [0.4, 0.5) is 0 Å². The zero-order chi connectivity index (χ0) is 7.52. The van der Waals surface area contributed by atoms with Crippen LogP contribution in [0.25, 0.3) is 0 Å². The van der Waals surface area contributed by atoms with Crippen molar-refractivity contribution >= 4 is 11.3 Å². The van der Waals surface area contributed by atoms with Crippen LogP contribution in [0.1, 0.15) is 18.2 Å². The van der Waals surface area contributed by atoms with E-state index in [4.69, 9.17) is 4.74 Å². The van der Waals surface area contributed by atoms with Gasteiger partial charge in [0.05, 0.1) is 17.8 Å². The summed E-state index contributed by atoms with van der Waals surface area (Å²) < 4.78 is 5.48. The van der Waals surface area contributed by atoms with E-state index in [1.807, 2.05) is 17.0 Å². The van der Waals surface area contributed by atoms with Crippen LogP contribution in [0, 0.1) is 0 Å². The molecule has 1 aliphatic heterocycles. The Morgan fingerprint density at radius 3 is 3.18 bits per heavy atom. The third kappa shape index (κ3) is 1.49. The molecule has 0 saturated heterocycles. The monoisotopic (exact) mass is 167 g/mol. The van der Waals surface area contributed by atoms with Gasteiger partial charge in [-0.05, 0) is 6.42 Å². The number of thiazole rings is 1. The average molecular weight is 167 g/mol. The second kappa shape index (κ2) is 3.15. The Bertz CT molecular complexity index is 243. The molecular weight excluding hydrogens is 158 g/mol. The van der Waals surface area contributed by atoms with E-state index >= 15 is 0 Å². The molecule has 1 aliphatic rings. The highest BCUT2D eigenvalue weighted by Crippen LogP contribution is 2.23. The second-order valence-electron chi connectivity index (χ2n) is 2.44. The van der Waals surface area contributed by atoms with Crippen molar-refractivity contribution in [2.45, 2.75) is 12.5 Å². The Kier molecular flexibility index (Phi) is 2.01. The Morgan fingerprint density at radius 2 is 2.55 bits per heavy atom. The van der Waals surface area contributed by atoms with Crippen molar-refractivity contribution in [1.82, 2.24) is 4.98 Å². The van der Waals surface area contributed by atoms with E-state index in [2.05, 4.69) is 11.1 Å². The van der Waals surface area contributed by atoms with Crippen LogP contribution >= 0.6 is 11.3 Å². The van der Waals surface area contributed by atoms with Gasteiger partial charge in [0.1, 0.15) is 6.10 Å². The Hall–Kier alpha value is -0.670. The number of rotatable bonds is 1. The fraction of sp³-hybridized carbons (Fsp3) is 0.375. The summed E-state index contributed by atoms with van der Waals surface area (Å²) in [5.41, 5.74) is 2.91. The lowest BCUT2D eigenvalue weighted by atomic mass is 10.1. The van der Waals surface area contributed by atoms with Crippen molar-refractivity contribution < 1.29 is 4.74 Å². The van der Waals surface area contributed by atoms with Gasteiger partial charge in [-0.1, -0.05) is 12.2 Å². The van der Waals surface area contributed by atoms with Gasteiger partial charge in [-0.2, -0.15) is 0 Å². The van der Waals surface area contributed by atoms with Crippen LogP contribution in [0.5, 0.6) is 0 Å². The van der Waals surface area contributed by atoms with Gasteiger partial charge in [-0.15, -0.1) is 11.3 Å². The van der Waals surface area contributed by atoms with Crippen LogP contribution in [0.15, 0.2) is 23.0 Å². The smallest absolute Gasteiger partial charge is 0.104 e. The van der Waals surface area contributed by atoms with E-state index in [1.54, 1.807) is 11.3 Å².